The summed E-state index contributed by atoms with van der Waals surface area (Å²) < 4.78 is 1.66. The molecule has 1 aliphatic heterocycles. The predicted molar refractivity (Wildman–Crippen MR) is 58.1 cm³/mol. The molecule has 1 fully saturated rings. The van der Waals surface area contributed by atoms with Crippen molar-refractivity contribution in [2.24, 2.45) is 7.05 Å². The number of carboxylic acids is 1. The average Bonchev–Trinajstić information content (AvgIpc) is 2.84. The van der Waals surface area contributed by atoms with Gasteiger partial charge >= 0.3 is 5.97 Å². The molecule has 16 heavy (non-hydrogen) atoms. The smallest absolute Gasteiger partial charge is 0.327 e. The zero-order valence-corrected chi connectivity index (χ0v) is 9.48. The normalized spacial score (nSPS) is 20.1. The molecule has 86 valence electrons. The van der Waals surface area contributed by atoms with Crippen molar-refractivity contribution >= 4 is 23.6 Å². The van der Waals surface area contributed by atoms with Gasteiger partial charge in [-0.1, -0.05) is 0 Å². The van der Waals surface area contributed by atoms with Crippen molar-refractivity contribution in [1.82, 2.24) is 14.5 Å². The first-order valence-electron chi connectivity index (χ1n) is 4.69. The predicted octanol–water partition coefficient (Wildman–Crippen LogP) is 0.0198. The van der Waals surface area contributed by atoms with Crippen LogP contribution in [0.2, 0.25) is 0 Å². The summed E-state index contributed by atoms with van der Waals surface area (Å²) in [6.45, 7) is 0. The number of hydrogen-bond acceptors (Lipinski definition) is 4. The number of carbonyl (C=O) groups excluding carboxylic acids is 1. The molecule has 2 rings (SSSR count). The first-order chi connectivity index (χ1) is 7.59. The van der Waals surface area contributed by atoms with Gasteiger partial charge in [0.25, 0.3) is 5.91 Å². The second-order valence-corrected chi connectivity index (χ2v) is 4.55. The lowest BCUT2D eigenvalue weighted by molar-refractivity contribution is -0.140. The van der Waals surface area contributed by atoms with E-state index < -0.39 is 12.0 Å². The van der Waals surface area contributed by atoms with Crippen molar-refractivity contribution < 1.29 is 14.7 Å². The number of carbonyl (C=O) groups is 2. The molecule has 1 N–H and O–H groups in total. The topological polar surface area (TPSA) is 75.4 Å². The van der Waals surface area contributed by atoms with Gasteiger partial charge in [0.05, 0.1) is 12.2 Å². The molecule has 0 aliphatic carbocycles. The number of thioether (sulfide) groups is 1. The molecular formula is C9H11N3O3S. The summed E-state index contributed by atoms with van der Waals surface area (Å²) in [4.78, 5) is 28.1. The number of aromatic nitrogens is 2. The van der Waals surface area contributed by atoms with Crippen LogP contribution in [0.3, 0.4) is 0 Å². The molecule has 1 saturated heterocycles. The van der Waals surface area contributed by atoms with Crippen LogP contribution < -0.4 is 0 Å². The molecule has 0 unspecified atom stereocenters. The molecule has 1 aliphatic rings. The number of hydrogen-bond donors (Lipinski definition) is 1. The number of nitrogens with zero attached hydrogens (tertiary/aromatic N) is 3. The summed E-state index contributed by atoms with van der Waals surface area (Å²) in [6, 6.07) is -0.737. The Morgan fingerprint density at radius 2 is 2.38 bits per heavy atom. The van der Waals surface area contributed by atoms with Crippen LogP contribution in [0.25, 0.3) is 0 Å². The second-order valence-electron chi connectivity index (χ2n) is 3.55. The van der Waals surface area contributed by atoms with E-state index in [0.29, 0.717) is 11.6 Å². The Kier molecular flexibility index (Phi) is 2.86. The maximum atomic E-state index is 11.9. The molecule has 1 aromatic heterocycles. The Hall–Kier alpha value is -1.50. The van der Waals surface area contributed by atoms with Crippen LogP contribution in [0, 0.1) is 0 Å². The number of aryl methyl sites for hydroxylation is 1. The van der Waals surface area contributed by atoms with Gasteiger partial charge in [-0.25, -0.2) is 9.78 Å². The first kappa shape index (κ1) is 11.0. The van der Waals surface area contributed by atoms with E-state index in [0.717, 1.165) is 0 Å². The third-order valence-electron chi connectivity index (χ3n) is 2.35. The number of imidazole rings is 1. The van der Waals surface area contributed by atoms with Gasteiger partial charge in [0.1, 0.15) is 11.7 Å². The van der Waals surface area contributed by atoms with Gasteiger partial charge in [-0.3, -0.25) is 4.79 Å². The standard InChI is InChI=1S/C9H11N3O3S/c1-11-2-6(10-4-11)8(13)12-5-16-3-7(12)9(14)15/h2,4,7H,3,5H2,1H3,(H,14,15)/t7-/m0/s1. The summed E-state index contributed by atoms with van der Waals surface area (Å²) >= 11 is 1.44. The van der Waals surface area contributed by atoms with E-state index in [1.54, 1.807) is 17.8 Å². The Bertz CT molecular complexity index is 431. The van der Waals surface area contributed by atoms with Crippen LogP contribution in [0.5, 0.6) is 0 Å². The summed E-state index contributed by atoms with van der Waals surface area (Å²) in [7, 11) is 1.76. The van der Waals surface area contributed by atoms with E-state index in [1.165, 1.54) is 23.0 Å². The Labute approximate surface area is 96.3 Å². The molecular weight excluding hydrogens is 230 g/mol. The lowest BCUT2D eigenvalue weighted by atomic mass is 10.3. The van der Waals surface area contributed by atoms with Crippen molar-refractivity contribution in [1.29, 1.82) is 0 Å². The molecule has 1 atom stereocenters. The average molecular weight is 241 g/mol. The highest BCUT2D eigenvalue weighted by Gasteiger charge is 2.35. The van der Waals surface area contributed by atoms with Crippen molar-refractivity contribution in [3.63, 3.8) is 0 Å². The Morgan fingerprint density at radius 1 is 1.62 bits per heavy atom. The van der Waals surface area contributed by atoms with E-state index in [9.17, 15) is 9.59 Å². The number of rotatable bonds is 2. The minimum absolute atomic E-state index is 0.288. The van der Waals surface area contributed by atoms with Crippen molar-refractivity contribution in [2.75, 3.05) is 11.6 Å². The fourth-order valence-corrected chi connectivity index (χ4v) is 2.66. The number of carboxylic acid groups (broad SMARTS) is 1. The Balaban J connectivity index is 2.18. The van der Waals surface area contributed by atoms with Gasteiger partial charge in [0, 0.05) is 19.0 Å². The lowest BCUT2D eigenvalue weighted by Gasteiger charge is -2.18. The fraction of sp³-hybridized carbons (Fsp3) is 0.444. The monoisotopic (exact) mass is 241 g/mol. The SMILES string of the molecule is Cn1cnc(C(=O)N2CSC[C@H]2C(=O)O)c1. The van der Waals surface area contributed by atoms with Crippen molar-refractivity contribution in [2.45, 2.75) is 6.04 Å². The molecule has 0 radical (unpaired) electrons. The summed E-state index contributed by atoms with van der Waals surface area (Å²) in [5, 5.41) is 8.95. The van der Waals surface area contributed by atoms with Crippen LogP contribution in [0.4, 0.5) is 0 Å². The fourth-order valence-electron chi connectivity index (χ4n) is 1.52. The summed E-state index contributed by atoms with van der Waals surface area (Å²) in [5.41, 5.74) is 0.288. The van der Waals surface area contributed by atoms with Gasteiger partial charge in [0.15, 0.2) is 0 Å². The molecule has 1 amide bonds. The van der Waals surface area contributed by atoms with Gasteiger partial charge < -0.3 is 14.6 Å². The maximum Gasteiger partial charge on any atom is 0.327 e. The summed E-state index contributed by atoms with van der Waals surface area (Å²) in [6.07, 6.45) is 3.11. The molecule has 0 saturated carbocycles. The third-order valence-corrected chi connectivity index (χ3v) is 3.36. The number of aliphatic carboxylic acids is 1. The first-order valence-corrected chi connectivity index (χ1v) is 5.84. The molecule has 7 heteroatoms. The lowest BCUT2D eigenvalue weighted by Crippen LogP contribution is -2.41. The molecule has 0 spiro atoms. The zero-order chi connectivity index (χ0) is 11.7. The third kappa shape index (κ3) is 1.90. The van der Waals surface area contributed by atoms with E-state index in [4.69, 9.17) is 5.11 Å². The van der Waals surface area contributed by atoms with Crippen LogP contribution in [0.1, 0.15) is 10.5 Å². The van der Waals surface area contributed by atoms with Gasteiger partial charge in [-0.15, -0.1) is 11.8 Å². The molecule has 6 nitrogen and oxygen atoms in total. The maximum absolute atomic E-state index is 11.9. The quantitative estimate of drug-likeness (QED) is 0.790. The van der Waals surface area contributed by atoms with E-state index >= 15 is 0 Å². The molecule has 0 aromatic carbocycles. The van der Waals surface area contributed by atoms with Gasteiger partial charge in [-0.05, 0) is 0 Å². The van der Waals surface area contributed by atoms with Crippen LogP contribution >= 0.6 is 11.8 Å². The minimum atomic E-state index is -0.964. The summed E-state index contributed by atoms with van der Waals surface area (Å²) in [5.74, 6) is -0.437. The van der Waals surface area contributed by atoms with Crippen LogP contribution in [-0.2, 0) is 11.8 Å². The van der Waals surface area contributed by atoms with E-state index in [1.807, 2.05) is 0 Å². The van der Waals surface area contributed by atoms with Crippen LogP contribution in [-0.4, -0.2) is 49.1 Å². The highest BCUT2D eigenvalue weighted by molar-refractivity contribution is 7.99. The van der Waals surface area contributed by atoms with Gasteiger partial charge in [-0.2, -0.15) is 0 Å². The minimum Gasteiger partial charge on any atom is -0.480 e. The molecule has 1 aromatic rings. The number of amides is 1. The van der Waals surface area contributed by atoms with E-state index in [-0.39, 0.29) is 11.6 Å². The van der Waals surface area contributed by atoms with Crippen LogP contribution in [0.15, 0.2) is 12.5 Å². The highest BCUT2D eigenvalue weighted by atomic mass is 32.2. The van der Waals surface area contributed by atoms with Crippen molar-refractivity contribution in [3.05, 3.63) is 18.2 Å². The second kappa shape index (κ2) is 4.17. The van der Waals surface area contributed by atoms with Gasteiger partial charge in [0.2, 0.25) is 0 Å². The molecule has 2 heterocycles. The zero-order valence-electron chi connectivity index (χ0n) is 8.66. The van der Waals surface area contributed by atoms with E-state index in [2.05, 4.69) is 4.98 Å². The Morgan fingerprint density at radius 3 is 2.94 bits per heavy atom. The van der Waals surface area contributed by atoms with Crippen molar-refractivity contribution in [3.8, 4) is 0 Å². The molecule has 0 bridgehead atoms. The largest absolute Gasteiger partial charge is 0.480 e. The highest BCUT2D eigenvalue weighted by Crippen LogP contribution is 2.22.